The quantitative estimate of drug-likeness (QED) is 0.309. The van der Waals surface area contributed by atoms with E-state index >= 15 is 0 Å². The van der Waals surface area contributed by atoms with Gasteiger partial charge in [0, 0.05) is 23.8 Å². The maximum absolute atomic E-state index is 10.8. The van der Waals surface area contributed by atoms with Gasteiger partial charge in [-0.15, -0.1) is 0 Å². The summed E-state index contributed by atoms with van der Waals surface area (Å²) in [7, 11) is 0. The summed E-state index contributed by atoms with van der Waals surface area (Å²) in [6.45, 7) is 8.81. The van der Waals surface area contributed by atoms with Crippen LogP contribution in [0.2, 0.25) is 0 Å². The van der Waals surface area contributed by atoms with Crippen LogP contribution in [0.5, 0.6) is 11.5 Å². The number of phenolic OH excluding ortho intramolecular Hbond substituents is 1. The van der Waals surface area contributed by atoms with Crippen molar-refractivity contribution in [2.45, 2.75) is 40.5 Å². The van der Waals surface area contributed by atoms with Crippen LogP contribution in [0, 0.1) is 27.7 Å². The monoisotopic (exact) mass is 469 g/mol. The van der Waals surface area contributed by atoms with Crippen LogP contribution >= 0.6 is 0 Å². The molecular weight excluding hydrogens is 438 g/mol. The molecule has 6 heteroatoms. The van der Waals surface area contributed by atoms with Crippen LogP contribution in [0.4, 0.5) is 0 Å². The number of benzene rings is 3. The van der Waals surface area contributed by atoms with Gasteiger partial charge in [-0.2, -0.15) is 0 Å². The van der Waals surface area contributed by atoms with Gasteiger partial charge in [0.25, 0.3) is 0 Å². The summed E-state index contributed by atoms with van der Waals surface area (Å²) in [4.78, 5) is 14.4. The number of nitrogens with zero attached hydrogens (tertiary/aromatic N) is 3. The molecule has 0 spiro atoms. The van der Waals surface area contributed by atoms with Crippen LogP contribution < -0.4 is 4.74 Å². The number of hydrogen-bond donors (Lipinski definition) is 2. The predicted molar refractivity (Wildman–Crippen MR) is 139 cm³/mol. The fraction of sp³-hybridized carbons (Fsp3) is 0.276. The van der Waals surface area contributed by atoms with E-state index in [1.54, 1.807) is 18.2 Å². The Morgan fingerprint density at radius 1 is 0.657 bits per heavy atom. The molecular formula is C29H31N3O3. The average molecular weight is 470 g/mol. The minimum atomic E-state index is 0.0361. The second-order valence-electron chi connectivity index (χ2n) is 8.90. The van der Waals surface area contributed by atoms with E-state index in [0.717, 1.165) is 28.7 Å². The van der Waals surface area contributed by atoms with Gasteiger partial charge in [-0.3, -0.25) is 0 Å². The van der Waals surface area contributed by atoms with Crippen LogP contribution in [0.3, 0.4) is 0 Å². The number of rotatable bonds is 8. The molecule has 0 fully saturated rings. The van der Waals surface area contributed by atoms with E-state index in [1.807, 2.05) is 38.1 Å². The highest BCUT2D eigenvalue weighted by Gasteiger charge is 2.17. The van der Waals surface area contributed by atoms with Crippen LogP contribution in [-0.4, -0.2) is 38.4 Å². The number of unbranched alkanes of at least 4 members (excludes halogenated alkanes) is 1. The van der Waals surface area contributed by atoms with Gasteiger partial charge < -0.3 is 14.9 Å². The van der Waals surface area contributed by atoms with Crippen molar-refractivity contribution in [1.82, 2.24) is 15.0 Å². The lowest BCUT2D eigenvalue weighted by Gasteiger charge is -2.13. The summed E-state index contributed by atoms with van der Waals surface area (Å²) in [5.41, 5.74) is 6.84. The van der Waals surface area contributed by atoms with E-state index in [2.05, 4.69) is 26.0 Å². The molecule has 0 aliphatic rings. The summed E-state index contributed by atoms with van der Waals surface area (Å²) in [5, 5.41) is 19.8. The van der Waals surface area contributed by atoms with Crippen LogP contribution in [0.15, 0.2) is 54.6 Å². The molecule has 0 amide bonds. The van der Waals surface area contributed by atoms with Gasteiger partial charge in [0.05, 0.1) is 12.2 Å². The molecule has 0 aliphatic carbocycles. The zero-order valence-corrected chi connectivity index (χ0v) is 20.7. The number of aromatic nitrogens is 3. The Hall–Kier alpha value is -3.77. The van der Waals surface area contributed by atoms with Gasteiger partial charge in [0.1, 0.15) is 11.5 Å². The minimum Gasteiger partial charge on any atom is -0.507 e. The van der Waals surface area contributed by atoms with E-state index in [-0.39, 0.29) is 12.4 Å². The molecule has 0 atom stereocenters. The fourth-order valence-electron chi connectivity index (χ4n) is 4.06. The number of phenols is 1. The largest absolute Gasteiger partial charge is 0.507 e. The van der Waals surface area contributed by atoms with Gasteiger partial charge in [-0.25, -0.2) is 15.0 Å². The van der Waals surface area contributed by atoms with Crippen molar-refractivity contribution >= 4 is 0 Å². The smallest absolute Gasteiger partial charge is 0.167 e. The van der Waals surface area contributed by atoms with Crippen molar-refractivity contribution in [3.05, 3.63) is 76.9 Å². The summed E-state index contributed by atoms with van der Waals surface area (Å²) in [6.07, 6.45) is 1.42. The molecule has 0 unspecified atom stereocenters. The first-order valence-corrected chi connectivity index (χ1v) is 11.8. The first-order valence-electron chi connectivity index (χ1n) is 11.8. The SMILES string of the molecule is Cc1ccc(-c2nc(-c3ccc(C)cc3C)nc(-c3ccc(OCCCCO)cc3O)n2)c(C)c1. The van der Waals surface area contributed by atoms with Gasteiger partial charge in [-0.05, 0) is 63.8 Å². The summed E-state index contributed by atoms with van der Waals surface area (Å²) in [5.74, 6) is 2.11. The Balaban J connectivity index is 1.80. The summed E-state index contributed by atoms with van der Waals surface area (Å²) >= 11 is 0. The molecule has 1 aromatic heterocycles. The first kappa shape index (κ1) is 24.4. The molecule has 35 heavy (non-hydrogen) atoms. The van der Waals surface area contributed by atoms with Crippen molar-refractivity contribution in [2.24, 2.45) is 0 Å². The standard InChI is InChI=1S/C29H31N3O3/c1-18-7-10-23(20(3)15-18)27-30-28(24-11-8-19(2)16-21(24)4)32-29(31-27)25-12-9-22(17-26(25)34)35-14-6-5-13-33/h7-12,15-17,33-34H,5-6,13-14H2,1-4H3. The number of ether oxygens (including phenoxy) is 1. The third kappa shape index (κ3) is 5.66. The van der Waals surface area contributed by atoms with Crippen LogP contribution in [0.1, 0.15) is 35.1 Å². The van der Waals surface area contributed by atoms with E-state index in [9.17, 15) is 5.11 Å². The lowest BCUT2D eigenvalue weighted by molar-refractivity contribution is 0.253. The van der Waals surface area contributed by atoms with Crippen molar-refractivity contribution in [1.29, 1.82) is 0 Å². The second kappa shape index (κ2) is 10.7. The molecule has 0 saturated heterocycles. The number of aryl methyl sites for hydroxylation is 4. The Kier molecular flexibility index (Phi) is 7.42. The molecule has 180 valence electrons. The Morgan fingerprint density at radius 2 is 1.17 bits per heavy atom. The minimum absolute atomic E-state index is 0.0361. The first-order chi connectivity index (χ1) is 16.9. The molecule has 2 N–H and O–H groups in total. The molecule has 0 bridgehead atoms. The van der Waals surface area contributed by atoms with Crippen LogP contribution in [0.25, 0.3) is 34.2 Å². The van der Waals surface area contributed by atoms with E-state index in [0.29, 0.717) is 41.8 Å². The van der Waals surface area contributed by atoms with Gasteiger partial charge >= 0.3 is 0 Å². The van der Waals surface area contributed by atoms with Crippen molar-refractivity contribution < 1.29 is 14.9 Å². The molecule has 6 nitrogen and oxygen atoms in total. The Bertz CT molecular complexity index is 1280. The average Bonchev–Trinajstić information content (AvgIpc) is 2.81. The molecule has 4 aromatic rings. The maximum atomic E-state index is 10.8. The zero-order chi connectivity index (χ0) is 24.9. The highest BCUT2D eigenvalue weighted by atomic mass is 16.5. The van der Waals surface area contributed by atoms with E-state index in [4.69, 9.17) is 24.8 Å². The Labute approximate surface area is 206 Å². The van der Waals surface area contributed by atoms with E-state index < -0.39 is 0 Å². The number of aromatic hydroxyl groups is 1. The molecule has 1 heterocycles. The number of hydrogen-bond acceptors (Lipinski definition) is 6. The normalized spacial score (nSPS) is 11.0. The third-order valence-corrected chi connectivity index (χ3v) is 5.91. The van der Waals surface area contributed by atoms with Crippen molar-refractivity contribution in [2.75, 3.05) is 13.2 Å². The van der Waals surface area contributed by atoms with E-state index in [1.165, 1.54) is 11.1 Å². The molecule has 4 rings (SSSR count). The molecule has 0 radical (unpaired) electrons. The van der Waals surface area contributed by atoms with Crippen molar-refractivity contribution in [3.8, 4) is 45.7 Å². The van der Waals surface area contributed by atoms with Gasteiger partial charge in [0.2, 0.25) is 0 Å². The third-order valence-electron chi connectivity index (χ3n) is 5.91. The zero-order valence-electron chi connectivity index (χ0n) is 20.7. The van der Waals surface area contributed by atoms with Crippen LogP contribution in [-0.2, 0) is 0 Å². The number of aliphatic hydroxyl groups is 1. The van der Waals surface area contributed by atoms with Gasteiger partial charge in [-0.1, -0.05) is 47.5 Å². The number of aliphatic hydroxyl groups excluding tert-OH is 1. The molecule has 0 saturated carbocycles. The predicted octanol–water partition coefficient (Wildman–Crippen LogP) is 5.96. The summed E-state index contributed by atoms with van der Waals surface area (Å²) < 4.78 is 5.70. The topological polar surface area (TPSA) is 88.4 Å². The summed E-state index contributed by atoms with van der Waals surface area (Å²) in [6, 6.07) is 17.5. The molecule has 0 aliphatic heterocycles. The van der Waals surface area contributed by atoms with Crippen molar-refractivity contribution in [3.63, 3.8) is 0 Å². The van der Waals surface area contributed by atoms with Gasteiger partial charge in [0.15, 0.2) is 17.5 Å². The Morgan fingerprint density at radius 3 is 1.66 bits per heavy atom. The maximum Gasteiger partial charge on any atom is 0.167 e. The lowest BCUT2D eigenvalue weighted by Crippen LogP contribution is -2.02. The second-order valence-corrected chi connectivity index (χ2v) is 8.90. The highest BCUT2D eigenvalue weighted by molar-refractivity contribution is 5.72. The fourth-order valence-corrected chi connectivity index (χ4v) is 4.06. The highest BCUT2D eigenvalue weighted by Crippen LogP contribution is 2.34. The molecule has 3 aromatic carbocycles. The lowest BCUT2D eigenvalue weighted by atomic mass is 10.0.